The van der Waals surface area contributed by atoms with Crippen molar-refractivity contribution in [3.05, 3.63) is 70.6 Å². The van der Waals surface area contributed by atoms with E-state index in [0.717, 1.165) is 76.4 Å². The average molecular weight is 693 g/mol. The molecule has 0 aromatic heterocycles. The van der Waals surface area contributed by atoms with E-state index >= 15 is 0 Å². The van der Waals surface area contributed by atoms with Crippen molar-refractivity contribution in [1.82, 2.24) is 0 Å². The minimum Gasteiger partial charge on any atom is -0.501 e. The fourth-order valence-electron chi connectivity index (χ4n) is 13.7. The lowest BCUT2D eigenvalue weighted by atomic mass is 9.52. The van der Waals surface area contributed by atoms with Crippen LogP contribution in [0.25, 0.3) is 0 Å². The molecule has 2 aliphatic heterocycles. The Kier molecular flexibility index (Phi) is 7.38. The highest BCUT2D eigenvalue weighted by atomic mass is 16.6. The summed E-state index contributed by atoms with van der Waals surface area (Å²) in [7, 11) is 1.78. The van der Waals surface area contributed by atoms with Crippen molar-refractivity contribution >= 4 is 17.7 Å². The summed E-state index contributed by atoms with van der Waals surface area (Å²) in [5.74, 6) is 3.58. The van der Waals surface area contributed by atoms with Gasteiger partial charge in [-0.1, -0.05) is 69.2 Å². The summed E-state index contributed by atoms with van der Waals surface area (Å²) in [6.45, 7) is 9.50. The van der Waals surface area contributed by atoms with Gasteiger partial charge in [-0.25, -0.2) is 0 Å². The number of ketones is 1. The van der Waals surface area contributed by atoms with Gasteiger partial charge in [-0.3, -0.25) is 14.4 Å². The van der Waals surface area contributed by atoms with Gasteiger partial charge in [0, 0.05) is 53.3 Å². The molecule has 4 fully saturated rings. The van der Waals surface area contributed by atoms with Gasteiger partial charge in [0.15, 0.2) is 5.78 Å². The fourth-order valence-corrected chi connectivity index (χ4v) is 13.7. The highest BCUT2D eigenvalue weighted by Crippen LogP contribution is 2.69. The third kappa shape index (κ3) is 4.49. The Balaban J connectivity index is 0.000000137. The lowest BCUT2D eigenvalue weighted by molar-refractivity contribution is -0.160. The zero-order valence-corrected chi connectivity index (χ0v) is 31.4. The van der Waals surface area contributed by atoms with Crippen molar-refractivity contribution in [1.29, 1.82) is 0 Å². The minimum absolute atomic E-state index is 0.0107. The van der Waals surface area contributed by atoms with Gasteiger partial charge < -0.3 is 14.2 Å². The van der Waals surface area contributed by atoms with E-state index in [-0.39, 0.29) is 50.6 Å². The Hall–Kier alpha value is -3.15. The molecule has 272 valence electrons. The molecule has 51 heavy (non-hydrogen) atoms. The molecular weight excluding hydrogens is 636 g/mol. The number of allylic oxidation sites excluding steroid dienone is 12. The molecule has 6 nitrogen and oxygen atoms in total. The summed E-state index contributed by atoms with van der Waals surface area (Å²) >= 11 is 0. The summed E-state index contributed by atoms with van der Waals surface area (Å²) in [5, 5.41) is 0. The van der Waals surface area contributed by atoms with Gasteiger partial charge in [0.2, 0.25) is 0 Å². The van der Waals surface area contributed by atoms with Crippen LogP contribution in [0.3, 0.4) is 0 Å². The van der Waals surface area contributed by atoms with Crippen LogP contribution in [0, 0.1) is 45.3 Å². The molecule has 0 bridgehead atoms. The maximum atomic E-state index is 11.9. The van der Waals surface area contributed by atoms with Crippen LogP contribution in [0.5, 0.6) is 0 Å². The molecule has 2 spiro atoms. The molecule has 0 amide bonds. The zero-order valence-electron chi connectivity index (χ0n) is 31.4. The summed E-state index contributed by atoms with van der Waals surface area (Å²) in [6, 6.07) is 0. The van der Waals surface area contributed by atoms with Crippen molar-refractivity contribution < 1.29 is 28.6 Å². The number of hydrogen-bond acceptors (Lipinski definition) is 6. The van der Waals surface area contributed by atoms with Crippen molar-refractivity contribution in [3.63, 3.8) is 0 Å². The van der Waals surface area contributed by atoms with E-state index in [1.54, 1.807) is 12.7 Å². The van der Waals surface area contributed by atoms with E-state index in [1.165, 1.54) is 23.1 Å². The third-order valence-electron chi connectivity index (χ3n) is 17.0. The number of fused-ring (bicyclic) bond motifs is 12. The Morgan fingerprint density at radius 2 is 1.27 bits per heavy atom. The molecule has 6 heteroatoms. The van der Waals surface area contributed by atoms with Gasteiger partial charge in [0.05, 0.1) is 12.9 Å². The molecule has 2 heterocycles. The summed E-state index contributed by atoms with van der Waals surface area (Å²) in [6.07, 6.45) is 30.4. The molecule has 2 saturated heterocycles. The Morgan fingerprint density at radius 3 is 1.92 bits per heavy atom. The van der Waals surface area contributed by atoms with Crippen molar-refractivity contribution in [2.45, 2.75) is 135 Å². The monoisotopic (exact) mass is 692 g/mol. The van der Waals surface area contributed by atoms with Crippen LogP contribution in [-0.2, 0) is 28.6 Å². The number of carbonyl (C=O) groups is 3. The van der Waals surface area contributed by atoms with Crippen LogP contribution in [0.4, 0.5) is 0 Å². The molecule has 0 radical (unpaired) electrons. The fraction of sp³-hybridized carbons (Fsp3) is 0.667. The van der Waals surface area contributed by atoms with Crippen LogP contribution < -0.4 is 0 Å². The van der Waals surface area contributed by atoms with Crippen molar-refractivity contribution in [2.24, 2.45) is 45.3 Å². The molecule has 10 rings (SSSR count). The van der Waals surface area contributed by atoms with E-state index in [2.05, 4.69) is 64.2 Å². The standard InChI is InChI=1S/C23H30O3.C22H26O3/c1-21-10-6-16(25-3)14-15(21)4-5-17-18(21)7-11-22(2)19(17)8-12-23(22)13-9-20(24)26-23;1-20-9-5-15(23)13-14(20)3-4-16-17(20)6-10-21(2)18(16)7-11-22(21)12-8-19(24)25-22/h4,7,14,17,19H,5-6,8-13H2,1-3H3;3-4,6,13,16,18H,5,7-12H2,1-2H3/t17?,19?,21-,22-,23+;16?,18?,20-,21-,22+/m00/s1. The quantitative estimate of drug-likeness (QED) is 0.201. The number of ether oxygens (including phenoxy) is 3. The molecule has 10 aliphatic rings. The number of rotatable bonds is 1. The predicted octanol–water partition coefficient (Wildman–Crippen LogP) is 9.38. The van der Waals surface area contributed by atoms with E-state index in [9.17, 15) is 14.4 Å². The van der Waals surface area contributed by atoms with E-state index in [0.29, 0.717) is 42.9 Å². The minimum atomic E-state index is -0.246. The van der Waals surface area contributed by atoms with Gasteiger partial charge in [-0.05, 0) is 112 Å². The highest BCUT2D eigenvalue weighted by molar-refractivity contribution is 5.92. The summed E-state index contributed by atoms with van der Waals surface area (Å²) < 4.78 is 17.5. The Bertz CT molecular complexity index is 1790. The topological polar surface area (TPSA) is 78.9 Å². The normalized spacial score (nSPS) is 47.2. The van der Waals surface area contributed by atoms with Gasteiger partial charge >= 0.3 is 11.9 Å². The Morgan fingerprint density at radius 1 is 0.667 bits per heavy atom. The molecule has 4 unspecified atom stereocenters. The second kappa shape index (κ2) is 11.2. The van der Waals surface area contributed by atoms with Crippen LogP contribution in [-0.4, -0.2) is 36.0 Å². The van der Waals surface area contributed by atoms with Gasteiger partial charge in [-0.2, -0.15) is 0 Å². The molecule has 0 N–H and O–H groups in total. The highest BCUT2D eigenvalue weighted by Gasteiger charge is 2.66. The SMILES string of the molecule is COC1=CC2=CCC3C(=CC[C@@]4(C)C3CC[C@@]43CCC(=O)O3)[C@@]2(C)CC1.C[C@]12CCC(=O)C=C1C=CC1C2=CC[C@@]2(C)C1CC[C@@]21CCC(=O)O1. The molecule has 0 aromatic rings. The summed E-state index contributed by atoms with van der Waals surface area (Å²) in [4.78, 5) is 35.7. The van der Waals surface area contributed by atoms with Crippen LogP contribution in [0.1, 0.15) is 124 Å². The first kappa shape index (κ1) is 33.7. The second-order valence-corrected chi connectivity index (χ2v) is 18.7. The van der Waals surface area contributed by atoms with Crippen molar-refractivity contribution in [2.75, 3.05) is 7.11 Å². The number of methoxy groups -OCH3 is 1. The first-order valence-corrected chi connectivity index (χ1v) is 20.0. The van der Waals surface area contributed by atoms with Gasteiger partial charge in [0.1, 0.15) is 11.2 Å². The average Bonchev–Trinajstić information content (AvgIpc) is 3.85. The first-order valence-electron chi connectivity index (χ1n) is 20.0. The third-order valence-corrected chi connectivity index (χ3v) is 17.0. The van der Waals surface area contributed by atoms with E-state index in [4.69, 9.17) is 14.2 Å². The molecule has 2 saturated carbocycles. The summed E-state index contributed by atoms with van der Waals surface area (Å²) in [5.41, 5.74) is 5.69. The smallest absolute Gasteiger partial charge is 0.306 e. The Labute approximate surface area is 303 Å². The van der Waals surface area contributed by atoms with Crippen LogP contribution >= 0.6 is 0 Å². The van der Waals surface area contributed by atoms with Gasteiger partial charge in [0.25, 0.3) is 0 Å². The van der Waals surface area contributed by atoms with Crippen LogP contribution in [0.2, 0.25) is 0 Å². The molecule has 10 atom stereocenters. The second-order valence-electron chi connectivity index (χ2n) is 18.7. The predicted molar refractivity (Wildman–Crippen MR) is 195 cm³/mol. The lowest BCUT2D eigenvalue weighted by Crippen LogP contribution is -2.50. The van der Waals surface area contributed by atoms with E-state index < -0.39 is 0 Å². The number of carbonyl (C=O) groups excluding carboxylic acids is 3. The molecular formula is C45H56O6. The maximum Gasteiger partial charge on any atom is 0.306 e. The lowest BCUT2D eigenvalue weighted by Gasteiger charge is -2.53. The first-order chi connectivity index (χ1) is 24.3. The van der Waals surface area contributed by atoms with Crippen molar-refractivity contribution in [3.8, 4) is 0 Å². The maximum absolute atomic E-state index is 11.9. The van der Waals surface area contributed by atoms with Gasteiger partial charge in [-0.15, -0.1) is 0 Å². The van der Waals surface area contributed by atoms with Crippen LogP contribution in [0.15, 0.2) is 70.6 Å². The largest absolute Gasteiger partial charge is 0.501 e. The molecule has 0 aromatic carbocycles. The zero-order chi connectivity index (χ0) is 35.6. The number of hydrogen-bond donors (Lipinski definition) is 0. The number of esters is 2. The molecule has 8 aliphatic carbocycles. The van der Waals surface area contributed by atoms with E-state index in [1.807, 2.05) is 6.08 Å².